The third-order valence-corrected chi connectivity index (χ3v) is 6.36. The molecule has 6 N–H and O–H groups in total. The van der Waals surface area contributed by atoms with Crippen LogP contribution < -0.4 is 16.0 Å². The maximum Gasteiger partial charge on any atom is 0.320 e. The van der Waals surface area contributed by atoms with Crippen LogP contribution in [0.2, 0.25) is 0 Å². The van der Waals surface area contributed by atoms with Crippen LogP contribution >= 0.6 is 0 Å². The molecule has 1 atom stereocenters. The van der Waals surface area contributed by atoms with Crippen LogP contribution in [0.5, 0.6) is 5.75 Å². The summed E-state index contributed by atoms with van der Waals surface area (Å²) in [6.45, 7) is 6.69. The molecule has 32 heavy (non-hydrogen) atoms. The number of anilines is 1. The van der Waals surface area contributed by atoms with Gasteiger partial charge >= 0.3 is 5.97 Å². The van der Waals surface area contributed by atoms with E-state index in [1.165, 1.54) is 6.07 Å². The molecule has 4 rings (SSSR count). The van der Waals surface area contributed by atoms with Crippen LogP contribution in [0.15, 0.2) is 35.2 Å². The fourth-order valence-electron chi connectivity index (χ4n) is 3.76. The molecular weight excluding hydrogens is 436 g/mol. The number of rotatable bonds is 6. The summed E-state index contributed by atoms with van der Waals surface area (Å²) < 4.78 is 31.5. The van der Waals surface area contributed by atoms with Gasteiger partial charge in [-0.1, -0.05) is 6.07 Å². The fraction of sp³-hybridized carbons (Fsp3) is 0.476. The van der Waals surface area contributed by atoms with E-state index in [-0.39, 0.29) is 16.7 Å². The first-order valence-corrected chi connectivity index (χ1v) is 12.1. The molecule has 2 heterocycles. The first kappa shape index (κ1) is 24.2. The molecule has 2 aromatic rings. The van der Waals surface area contributed by atoms with E-state index in [9.17, 15) is 18.3 Å². The summed E-state index contributed by atoms with van der Waals surface area (Å²) in [5, 5.41) is 29.0. The van der Waals surface area contributed by atoms with Gasteiger partial charge in [0.1, 0.15) is 11.8 Å². The molecule has 10 nitrogen and oxygen atoms in total. The second-order valence-corrected chi connectivity index (χ2v) is 9.28. The Balaban J connectivity index is 0.000000305. The van der Waals surface area contributed by atoms with Gasteiger partial charge in [0, 0.05) is 56.4 Å². The van der Waals surface area contributed by atoms with Crippen LogP contribution in [0, 0.1) is 0 Å². The zero-order valence-electron chi connectivity index (χ0n) is 17.7. The smallest absolute Gasteiger partial charge is 0.320 e. The number of carbonyl (C=O) groups is 1. The van der Waals surface area contributed by atoms with E-state index < -0.39 is 16.1 Å². The third-order valence-electron chi connectivity index (χ3n) is 5.53. The molecule has 1 unspecified atom stereocenters. The first-order chi connectivity index (χ1) is 15.2. The predicted octanol–water partition coefficient (Wildman–Crippen LogP) is 0.932. The molecule has 0 amide bonds. The molecule has 2 aliphatic rings. The summed E-state index contributed by atoms with van der Waals surface area (Å²) in [5.74, 6) is -0.895. The van der Waals surface area contributed by atoms with E-state index in [4.69, 9.17) is 9.66 Å². The zero-order chi connectivity index (χ0) is 23.1. The number of carboxylic acids is 1. The highest BCUT2D eigenvalue weighted by atomic mass is 32.2. The van der Waals surface area contributed by atoms with Gasteiger partial charge in [0.2, 0.25) is 0 Å². The molecule has 0 saturated carbocycles. The van der Waals surface area contributed by atoms with Gasteiger partial charge in [0.25, 0.3) is 10.1 Å². The average Bonchev–Trinajstić information content (AvgIpc) is 3.30. The number of phenols is 1. The molecule has 176 valence electrons. The van der Waals surface area contributed by atoms with Crippen molar-refractivity contribution in [3.8, 4) is 5.75 Å². The number of nitrogens with zero attached hydrogens (tertiary/aromatic N) is 1. The molecule has 2 saturated heterocycles. The molecular formula is C21H30N4O6S. The van der Waals surface area contributed by atoms with Gasteiger partial charge in [0.15, 0.2) is 0 Å². The second-order valence-electron chi connectivity index (χ2n) is 7.86. The predicted molar refractivity (Wildman–Crippen MR) is 122 cm³/mol. The lowest BCUT2D eigenvalue weighted by Gasteiger charge is -2.27. The topological polar surface area (TPSA) is 151 Å². The lowest BCUT2D eigenvalue weighted by atomic mass is 10.1. The summed E-state index contributed by atoms with van der Waals surface area (Å²) in [4.78, 5) is 12.2. The van der Waals surface area contributed by atoms with Crippen LogP contribution in [0.1, 0.15) is 12.8 Å². The number of hydrogen-bond donors (Lipinski definition) is 6. The highest BCUT2D eigenvalue weighted by Gasteiger charge is 2.20. The molecule has 0 aromatic heterocycles. The Hall–Kier alpha value is -2.44. The van der Waals surface area contributed by atoms with E-state index in [0.717, 1.165) is 70.4 Å². The maximum atomic E-state index is 11.2. The number of benzene rings is 2. The van der Waals surface area contributed by atoms with E-state index >= 15 is 0 Å². The van der Waals surface area contributed by atoms with Crippen molar-refractivity contribution in [2.45, 2.75) is 23.8 Å². The van der Waals surface area contributed by atoms with E-state index in [2.05, 4.69) is 20.9 Å². The summed E-state index contributed by atoms with van der Waals surface area (Å²) in [6.07, 6.45) is 1.78. The van der Waals surface area contributed by atoms with Gasteiger partial charge < -0.3 is 26.2 Å². The number of aliphatic carboxylic acids is 1. The quantitative estimate of drug-likeness (QED) is 0.339. The van der Waals surface area contributed by atoms with Crippen molar-refractivity contribution in [3.05, 3.63) is 30.3 Å². The number of fused-ring (bicyclic) bond motifs is 1. The molecule has 0 bridgehead atoms. The number of piperazine rings is 1. The first-order valence-electron chi connectivity index (χ1n) is 10.6. The van der Waals surface area contributed by atoms with Gasteiger partial charge in [-0.15, -0.1) is 0 Å². The second kappa shape index (κ2) is 10.9. The Bertz CT molecular complexity index is 1030. The monoisotopic (exact) mass is 466 g/mol. The molecule has 11 heteroatoms. The molecule has 0 spiro atoms. The minimum absolute atomic E-state index is 0.175. The van der Waals surface area contributed by atoms with Crippen molar-refractivity contribution in [2.24, 2.45) is 0 Å². The van der Waals surface area contributed by atoms with Crippen molar-refractivity contribution >= 4 is 32.5 Å². The number of aromatic hydroxyl groups is 1. The number of phenolic OH excluding ortho intramolecular Hbond substituents is 1. The van der Waals surface area contributed by atoms with Crippen molar-refractivity contribution < 1.29 is 28.0 Å². The molecule has 0 aliphatic carbocycles. The summed E-state index contributed by atoms with van der Waals surface area (Å²) in [5.41, 5.74) is 0.854. The van der Waals surface area contributed by atoms with Gasteiger partial charge in [-0.2, -0.15) is 8.42 Å². The average molecular weight is 467 g/mol. The molecule has 2 aromatic carbocycles. The Labute approximate surface area is 187 Å². The number of nitrogens with one attached hydrogen (secondary N) is 3. The van der Waals surface area contributed by atoms with E-state index in [1.54, 1.807) is 12.1 Å². The Morgan fingerprint density at radius 1 is 1.16 bits per heavy atom. The van der Waals surface area contributed by atoms with Crippen LogP contribution in [-0.2, 0) is 14.9 Å². The van der Waals surface area contributed by atoms with Crippen LogP contribution in [0.3, 0.4) is 0 Å². The normalized spacial score (nSPS) is 19.3. The molecule has 0 radical (unpaired) electrons. The third kappa shape index (κ3) is 6.78. The zero-order valence-corrected chi connectivity index (χ0v) is 18.6. The largest absolute Gasteiger partial charge is 0.507 e. The highest BCUT2D eigenvalue weighted by molar-refractivity contribution is 7.85. The number of carboxylic acid groups (broad SMARTS) is 1. The molecule has 2 fully saturated rings. The van der Waals surface area contributed by atoms with Crippen LogP contribution in [-0.4, -0.2) is 85.9 Å². The van der Waals surface area contributed by atoms with Crippen molar-refractivity contribution in [2.75, 3.05) is 51.1 Å². The minimum Gasteiger partial charge on any atom is -0.507 e. The summed E-state index contributed by atoms with van der Waals surface area (Å²) in [6, 6.07) is 7.45. The maximum absolute atomic E-state index is 11.2. The Morgan fingerprint density at radius 2 is 1.91 bits per heavy atom. The SMILES string of the molecule is O=C(O)C1CCCN1.O=S(=O)(O)c1cc(O)c2cc(NCCN3CCNCC3)ccc2c1. The Morgan fingerprint density at radius 3 is 2.50 bits per heavy atom. The summed E-state index contributed by atoms with van der Waals surface area (Å²) in [7, 11) is -4.34. The minimum atomic E-state index is -4.34. The highest BCUT2D eigenvalue weighted by Crippen LogP contribution is 2.30. The van der Waals surface area contributed by atoms with Crippen LogP contribution in [0.4, 0.5) is 5.69 Å². The van der Waals surface area contributed by atoms with Crippen LogP contribution in [0.25, 0.3) is 10.8 Å². The number of hydrogen-bond acceptors (Lipinski definition) is 8. The lowest BCUT2D eigenvalue weighted by molar-refractivity contribution is -0.139. The van der Waals surface area contributed by atoms with Gasteiger partial charge in [0.05, 0.1) is 4.90 Å². The van der Waals surface area contributed by atoms with E-state index in [1.807, 2.05) is 6.07 Å². The lowest BCUT2D eigenvalue weighted by Crippen LogP contribution is -2.45. The Kier molecular flexibility index (Phi) is 8.26. The molecule has 2 aliphatic heterocycles. The van der Waals surface area contributed by atoms with Gasteiger partial charge in [-0.25, -0.2) is 0 Å². The summed E-state index contributed by atoms with van der Waals surface area (Å²) >= 11 is 0. The van der Waals surface area contributed by atoms with Gasteiger partial charge in [-0.05, 0) is 43.0 Å². The standard InChI is InChI=1S/C16H21N3O4S.C5H9NO2/c20-16-11-14(24(21,22)23)9-12-1-2-13(10-15(12)16)18-5-8-19-6-3-17-4-7-19;7-5(8)4-2-1-3-6-4/h1-2,9-11,17-18,20H,3-8H2,(H,21,22,23);4,6H,1-3H2,(H,7,8). The van der Waals surface area contributed by atoms with Crippen molar-refractivity contribution in [1.82, 2.24) is 15.5 Å². The van der Waals surface area contributed by atoms with Crippen molar-refractivity contribution in [1.29, 1.82) is 0 Å². The fourth-order valence-corrected chi connectivity index (χ4v) is 4.30. The van der Waals surface area contributed by atoms with Crippen molar-refractivity contribution in [3.63, 3.8) is 0 Å². The van der Waals surface area contributed by atoms with E-state index in [0.29, 0.717) is 10.8 Å². The van der Waals surface area contributed by atoms with Gasteiger partial charge in [-0.3, -0.25) is 14.2 Å².